The van der Waals surface area contributed by atoms with Gasteiger partial charge in [0, 0.05) is 51.5 Å². The van der Waals surface area contributed by atoms with E-state index in [1.807, 2.05) is 43.3 Å². The summed E-state index contributed by atoms with van der Waals surface area (Å²) >= 11 is 0. The number of anilines is 1. The summed E-state index contributed by atoms with van der Waals surface area (Å²) in [5.74, 6) is 0.221. The molecule has 6 nitrogen and oxygen atoms in total. The summed E-state index contributed by atoms with van der Waals surface area (Å²) < 4.78 is 5.15. The standard InChI is InChI=1S/C18H21N3O3/c1-19(2)15-6-3-5-14(13-15)17(22)20-8-10-21(11-9-20)18(23)16-7-4-12-24-16/h3-7,12-13H,8-11H2,1-2H3. The zero-order valence-corrected chi connectivity index (χ0v) is 13.9. The van der Waals surface area contributed by atoms with E-state index in [4.69, 9.17) is 4.42 Å². The molecule has 1 aliphatic heterocycles. The van der Waals surface area contributed by atoms with Crippen LogP contribution in [-0.2, 0) is 0 Å². The fraction of sp³-hybridized carbons (Fsp3) is 0.333. The number of benzene rings is 1. The number of hydrogen-bond acceptors (Lipinski definition) is 4. The topological polar surface area (TPSA) is 57.0 Å². The van der Waals surface area contributed by atoms with Crippen LogP contribution in [0.4, 0.5) is 5.69 Å². The summed E-state index contributed by atoms with van der Waals surface area (Å²) in [5, 5.41) is 0. The van der Waals surface area contributed by atoms with Crippen molar-refractivity contribution in [2.75, 3.05) is 45.2 Å². The molecule has 126 valence electrons. The van der Waals surface area contributed by atoms with Crippen molar-refractivity contribution in [3.63, 3.8) is 0 Å². The maximum absolute atomic E-state index is 12.7. The van der Waals surface area contributed by atoms with Gasteiger partial charge in [-0.1, -0.05) is 6.07 Å². The fourth-order valence-electron chi connectivity index (χ4n) is 2.77. The number of hydrogen-bond donors (Lipinski definition) is 0. The lowest BCUT2D eigenvalue weighted by molar-refractivity contribution is 0.0518. The van der Waals surface area contributed by atoms with Crippen molar-refractivity contribution in [3.8, 4) is 0 Å². The smallest absolute Gasteiger partial charge is 0.289 e. The molecule has 0 bridgehead atoms. The molecule has 0 unspecified atom stereocenters. The van der Waals surface area contributed by atoms with Crippen molar-refractivity contribution in [3.05, 3.63) is 54.0 Å². The maximum Gasteiger partial charge on any atom is 0.289 e. The summed E-state index contributed by atoms with van der Waals surface area (Å²) in [6.45, 7) is 2.08. The predicted octanol–water partition coefficient (Wildman–Crippen LogP) is 1.94. The third-order valence-electron chi connectivity index (χ3n) is 4.20. The van der Waals surface area contributed by atoms with Gasteiger partial charge in [-0.2, -0.15) is 0 Å². The molecular formula is C18H21N3O3. The van der Waals surface area contributed by atoms with E-state index in [1.54, 1.807) is 21.9 Å². The Morgan fingerprint density at radius 3 is 2.21 bits per heavy atom. The van der Waals surface area contributed by atoms with Crippen LogP contribution in [0.3, 0.4) is 0 Å². The van der Waals surface area contributed by atoms with E-state index in [2.05, 4.69) is 0 Å². The van der Waals surface area contributed by atoms with Crippen LogP contribution in [0.2, 0.25) is 0 Å². The first kappa shape index (κ1) is 16.1. The lowest BCUT2D eigenvalue weighted by atomic mass is 10.1. The summed E-state index contributed by atoms with van der Waals surface area (Å²) in [4.78, 5) is 30.4. The number of rotatable bonds is 3. The molecule has 0 N–H and O–H groups in total. The first-order chi connectivity index (χ1) is 11.6. The van der Waals surface area contributed by atoms with Gasteiger partial charge in [0.2, 0.25) is 0 Å². The molecular weight excluding hydrogens is 306 g/mol. The van der Waals surface area contributed by atoms with E-state index in [0.717, 1.165) is 5.69 Å². The molecule has 2 amide bonds. The normalized spacial score (nSPS) is 14.6. The van der Waals surface area contributed by atoms with Crippen LogP contribution in [0.25, 0.3) is 0 Å². The largest absolute Gasteiger partial charge is 0.459 e. The van der Waals surface area contributed by atoms with Crippen LogP contribution >= 0.6 is 0 Å². The Kier molecular flexibility index (Phi) is 4.55. The highest BCUT2D eigenvalue weighted by Gasteiger charge is 2.26. The summed E-state index contributed by atoms with van der Waals surface area (Å²) in [6.07, 6.45) is 1.49. The molecule has 1 aromatic carbocycles. The Morgan fingerprint density at radius 1 is 0.958 bits per heavy atom. The first-order valence-electron chi connectivity index (χ1n) is 7.95. The molecule has 0 saturated carbocycles. The van der Waals surface area contributed by atoms with Gasteiger partial charge < -0.3 is 19.1 Å². The lowest BCUT2D eigenvalue weighted by Crippen LogP contribution is -2.50. The predicted molar refractivity (Wildman–Crippen MR) is 91.3 cm³/mol. The average molecular weight is 327 g/mol. The van der Waals surface area contributed by atoms with Gasteiger partial charge in [-0.3, -0.25) is 9.59 Å². The maximum atomic E-state index is 12.7. The molecule has 1 aliphatic rings. The molecule has 1 saturated heterocycles. The molecule has 0 aliphatic carbocycles. The lowest BCUT2D eigenvalue weighted by Gasteiger charge is -2.34. The van der Waals surface area contributed by atoms with Gasteiger partial charge in [-0.15, -0.1) is 0 Å². The second-order valence-corrected chi connectivity index (χ2v) is 6.01. The minimum absolute atomic E-state index is 0.00352. The van der Waals surface area contributed by atoms with Gasteiger partial charge in [0.25, 0.3) is 11.8 Å². The van der Waals surface area contributed by atoms with Crippen molar-refractivity contribution in [2.24, 2.45) is 0 Å². The number of carbonyl (C=O) groups is 2. The first-order valence-corrected chi connectivity index (χ1v) is 7.95. The number of piperazine rings is 1. The van der Waals surface area contributed by atoms with E-state index in [9.17, 15) is 9.59 Å². The average Bonchev–Trinajstić information content (AvgIpc) is 3.15. The van der Waals surface area contributed by atoms with Crippen LogP contribution in [0.5, 0.6) is 0 Å². The highest BCUT2D eigenvalue weighted by Crippen LogP contribution is 2.17. The second kappa shape index (κ2) is 6.78. The van der Waals surface area contributed by atoms with Gasteiger partial charge in [0.15, 0.2) is 5.76 Å². The molecule has 24 heavy (non-hydrogen) atoms. The molecule has 1 aromatic heterocycles. The highest BCUT2D eigenvalue weighted by atomic mass is 16.3. The number of amides is 2. The number of carbonyl (C=O) groups excluding carboxylic acids is 2. The highest BCUT2D eigenvalue weighted by molar-refractivity contribution is 5.95. The SMILES string of the molecule is CN(C)c1cccc(C(=O)N2CCN(C(=O)c3ccco3)CC2)c1. The van der Waals surface area contributed by atoms with E-state index in [0.29, 0.717) is 37.5 Å². The Morgan fingerprint density at radius 2 is 1.62 bits per heavy atom. The van der Waals surface area contributed by atoms with Crippen LogP contribution in [0, 0.1) is 0 Å². The van der Waals surface area contributed by atoms with E-state index < -0.39 is 0 Å². The Labute approximate surface area is 141 Å². The zero-order valence-electron chi connectivity index (χ0n) is 13.9. The van der Waals surface area contributed by atoms with Crippen molar-refractivity contribution < 1.29 is 14.0 Å². The minimum Gasteiger partial charge on any atom is -0.459 e. The van der Waals surface area contributed by atoms with Crippen molar-refractivity contribution in [2.45, 2.75) is 0 Å². The monoisotopic (exact) mass is 327 g/mol. The van der Waals surface area contributed by atoms with Gasteiger partial charge >= 0.3 is 0 Å². The number of nitrogens with zero attached hydrogens (tertiary/aromatic N) is 3. The second-order valence-electron chi connectivity index (χ2n) is 6.01. The zero-order chi connectivity index (χ0) is 17.1. The van der Waals surface area contributed by atoms with Crippen molar-refractivity contribution >= 4 is 17.5 Å². The summed E-state index contributed by atoms with van der Waals surface area (Å²) in [7, 11) is 3.89. The van der Waals surface area contributed by atoms with Crippen LogP contribution in [0.15, 0.2) is 47.1 Å². The van der Waals surface area contributed by atoms with Gasteiger partial charge in [-0.25, -0.2) is 0 Å². The van der Waals surface area contributed by atoms with Crippen LogP contribution in [0.1, 0.15) is 20.9 Å². The van der Waals surface area contributed by atoms with Gasteiger partial charge in [0.05, 0.1) is 6.26 Å². The minimum atomic E-state index is -0.123. The van der Waals surface area contributed by atoms with Crippen LogP contribution in [-0.4, -0.2) is 61.9 Å². The molecule has 0 radical (unpaired) electrons. The number of furan rings is 1. The Balaban J connectivity index is 1.63. The fourth-order valence-corrected chi connectivity index (χ4v) is 2.77. The van der Waals surface area contributed by atoms with Gasteiger partial charge in [-0.05, 0) is 30.3 Å². The van der Waals surface area contributed by atoms with E-state index >= 15 is 0 Å². The molecule has 0 atom stereocenters. The van der Waals surface area contributed by atoms with Gasteiger partial charge in [0.1, 0.15) is 0 Å². The molecule has 3 rings (SSSR count). The Bertz CT molecular complexity index is 717. The van der Waals surface area contributed by atoms with Crippen LogP contribution < -0.4 is 4.90 Å². The summed E-state index contributed by atoms with van der Waals surface area (Å²) in [5.41, 5.74) is 1.67. The third kappa shape index (κ3) is 3.27. The third-order valence-corrected chi connectivity index (χ3v) is 4.20. The Hall–Kier alpha value is -2.76. The molecule has 6 heteroatoms. The summed E-state index contributed by atoms with van der Waals surface area (Å²) in [6, 6.07) is 10.9. The van der Waals surface area contributed by atoms with E-state index in [1.165, 1.54) is 6.26 Å². The molecule has 0 spiro atoms. The van der Waals surface area contributed by atoms with E-state index in [-0.39, 0.29) is 11.8 Å². The quantitative estimate of drug-likeness (QED) is 0.864. The molecule has 1 fully saturated rings. The van der Waals surface area contributed by atoms with Crippen molar-refractivity contribution in [1.29, 1.82) is 0 Å². The van der Waals surface area contributed by atoms with Crippen molar-refractivity contribution in [1.82, 2.24) is 9.80 Å². The molecule has 2 aromatic rings. The molecule has 2 heterocycles.